The van der Waals surface area contributed by atoms with Gasteiger partial charge in [-0.15, -0.1) is 0 Å². The van der Waals surface area contributed by atoms with Crippen LogP contribution >= 0.6 is 0 Å². The molecule has 0 heterocycles. The number of aldehydes is 1. The second kappa shape index (κ2) is 5.32. The van der Waals surface area contributed by atoms with E-state index < -0.39 is 17.2 Å². The third-order valence-corrected chi connectivity index (χ3v) is 2.44. The van der Waals surface area contributed by atoms with Crippen molar-refractivity contribution < 1.29 is 14.3 Å². The molecule has 0 aliphatic heterocycles. The molecule has 0 fully saturated rings. The first-order valence-corrected chi connectivity index (χ1v) is 5.59. The summed E-state index contributed by atoms with van der Waals surface area (Å²) >= 11 is 0. The van der Waals surface area contributed by atoms with Crippen LogP contribution in [0.1, 0.15) is 47.5 Å². The van der Waals surface area contributed by atoms with Crippen LogP contribution in [0.4, 0.5) is 4.79 Å². The predicted octanol–water partition coefficient (Wildman–Crippen LogP) is 2.61. The number of rotatable bonds is 4. The van der Waals surface area contributed by atoms with Gasteiger partial charge in [0.1, 0.15) is 11.9 Å². The molecule has 94 valence electrons. The van der Waals surface area contributed by atoms with E-state index >= 15 is 0 Å². The van der Waals surface area contributed by atoms with Crippen LogP contribution in [0.25, 0.3) is 0 Å². The van der Waals surface area contributed by atoms with Gasteiger partial charge < -0.3 is 9.53 Å². The first-order chi connectivity index (χ1) is 7.16. The molecule has 1 unspecified atom stereocenters. The third kappa shape index (κ3) is 4.21. The standard InChI is InChI=1S/C12H23NO3/c1-7-8-12(5,9-14)13(6)10(15)16-11(2,3)4/h9H,7-8H2,1-6H3. The lowest BCUT2D eigenvalue weighted by atomic mass is 9.97. The fourth-order valence-electron chi connectivity index (χ4n) is 1.35. The molecule has 0 N–H and O–H groups in total. The average molecular weight is 229 g/mol. The van der Waals surface area contributed by atoms with Gasteiger partial charge in [-0.2, -0.15) is 0 Å². The lowest BCUT2D eigenvalue weighted by Crippen LogP contribution is -2.50. The lowest BCUT2D eigenvalue weighted by Gasteiger charge is -2.35. The number of likely N-dealkylation sites (N-methyl/N-ethyl adjacent to an activating group) is 1. The van der Waals surface area contributed by atoms with Gasteiger partial charge in [0.15, 0.2) is 0 Å². The minimum Gasteiger partial charge on any atom is -0.444 e. The fourth-order valence-corrected chi connectivity index (χ4v) is 1.35. The van der Waals surface area contributed by atoms with Crippen molar-refractivity contribution in [3.63, 3.8) is 0 Å². The van der Waals surface area contributed by atoms with Crippen LogP contribution in [-0.4, -0.2) is 35.5 Å². The normalized spacial score (nSPS) is 15.1. The molecule has 1 amide bonds. The van der Waals surface area contributed by atoms with Gasteiger partial charge in [0.2, 0.25) is 0 Å². The van der Waals surface area contributed by atoms with Crippen molar-refractivity contribution >= 4 is 12.4 Å². The zero-order chi connectivity index (χ0) is 13.0. The molecule has 0 aromatic rings. The van der Waals surface area contributed by atoms with Crippen LogP contribution in [0.5, 0.6) is 0 Å². The Morgan fingerprint density at radius 1 is 1.31 bits per heavy atom. The average Bonchev–Trinajstić information content (AvgIpc) is 2.14. The Bertz CT molecular complexity index is 257. The van der Waals surface area contributed by atoms with Gasteiger partial charge in [-0.1, -0.05) is 13.3 Å². The molecule has 0 aromatic carbocycles. The molecule has 0 radical (unpaired) electrons. The number of carbonyl (C=O) groups excluding carboxylic acids is 2. The van der Waals surface area contributed by atoms with Crippen LogP contribution < -0.4 is 0 Å². The minimum absolute atomic E-state index is 0.462. The number of carbonyl (C=O) groups is 2. The largest absolute Gasteiger partial charge is 0.444 e. The van der Waals surface area contributed by atoms with Gasteiger partial charge in [0.25, 0.3) is 0 Å². The van der Waals surface area contributed by atoms with E-state index in [1.807, 2.05) is 6.92 Å². The highest BCUT2D eigenvalue weighted by Crippen LogP contribution is 2.20. The molecule has 0 spiro atoms. The summed E-state index contributed by atoms with van der Waals surface area (Å²) in [7, 11) is 1.60. The Morgan fingerprint density at radius 3 is 2.12 bits per heavy atom. The van der Waals surface area contributed by atoms with Crippen LogP contribution in [0, 0.1) is 0 Å². The summed E-state index contributed by atoms with van der Waals surface area (Å²) < 4.78 is 5.22. The van der Waals surface area contributed by atoms with E-state index in [-0.39, 0.29) is 0 Å². The Labute approximate surface area is 98.0 Å². The van der Waals surface area contributed by atoms with Crippen molar-refractivity contribution in [3.8, 4) is 0 Å². The van der Waals surface area contributed by atoms with E-state index in [1.54, 1.807) is 34.7 Å². The fraction of sp³-hybridized carbons (Fsp3) is 0.833. The number of ether oxygens (including phenoxy) is 1. The molecule has 4 nitrogen and oxygen atoms in total. The second-order valence-electron chi connectivity index (χ2n) is 5.26. The van der Waals surface area contributed by atoms with Crippen molar-refractivity contribution in [2.45, 2.75) is 58.6 Å². The summed E-state index contributed by atoms with van der Waals surface area (Å²) in [5, 5.41) is 0. The number of amides is 1. The molecule has 0 saturated heterocycles. The van der Waals surface area contributed by atoms with Crippen LogP contribution in [0.3, 0.4) is 0 Å². The van der Waals surface area contributed by atoms with Crippen molar-refractivity contribution in [1.82, 2.24) is 4.90 Å². The zero-order valence-corrected chi connectivity index (χ0v) is 11.2. The molecule has 0 rings (SSSR count). The number of hydrogen-bond donors (Lipinski definition) is 0. The first kappa shape index (κ1) is 14.9. The summed E-state index contributed by atoms with van der Waals surface area (Å²) in [5.41, 5.74) is -1.32. The van der Waals surface area contributed by atoms with Crippen molar-refractivity contribution in [1.29, 1.82) is 0 Å². The number of nitrogens with zero attached hydrogens (tertiary/aromatic N) is 1. The van der Waals surface area contributed by atoms with Crippen LogP contribution in [-0.2, 0) is 9.53 Å². The van der Waals surface area contributed by atoms with Crippen molar-refractivity contribution in [2.24, 2.45) is 0 Å². The summed E-state index contributed by atoms with van der Waals surface area (Å²) in [4.78, 5) is 24.2. The summed E-state index contributed by atoms with van der Waals surface area (Å²) in [6.07, 6.45) is 1.81. The first-order valence-electron chi connectivity index (χ1n) is 5.59. The van der Waals surface area contributed by atoms with E-state index in [4.69, 9.17) is 4.74 Å². The molecule has 0 bridgehead atoms. The molecule has 0 aromatic heterocycles. The monoisotopic (exact) mass is 229 g/mol. The SMILES string of the molecule is CCCC(C)(C=O)N(C)C(=O)OC(C)(C)C. The molecule has 0 saturated carbocycles. The Hall–Kier alpha value is -1.06. The Balaban J connectivity index is 4.69. The summed E-state index contributed by atoms with van der Waals surface area (Å²) in [6, 6.07) is 0. The maximum absolute atomic E-state index is 11.8. The second-order valence-corrected chi connectivity index (χ2v) is 5.26. The maximum atomic E-state index is 11.8. The van der Waals surface area contributed by atoms with Gasteiger partial charge in [0.05, 0.1) is 5.54 Å². The van der Waals surface area contributed by atoms with E-state index in [0.29, 0.717) is 6.42 Å². The van der Waals surface area contributed by atoms with E-state index in [0.717, 1.165) is 12.7 Å². The molecule has 4 heteroatoms. The third-order valence-electron chi connectivity index (χ3n) is 2.44. The van der Waals surface area contributed by atoms with E-state index in [9.17, 15) is 9.59 Å². The van der Waals surface area contributed by atoms with Gasteiger partial charge in [0, 0.05) is 7.05 Å². The molecular formula is C12H23NO3. The Morgan fingerprint density at radius 2 is 1.81 bits per heavy atom. The molecule has 16 heavy (non-hydrogen) atoms. The molecular weight excluding hydrogens is 206 g/mol. The zero-order valence-electron chi connectivity index (χ0n) is 11.2. The molecule has 0 aliphatic rings. The van der Waals surface area contributed by atoms with E-state index in [2.05, 4.69) is 0 Å². The molecule has 1 atom stereocenters. The highest BCUT2D eigenvalue weighted by Gasteiger charge is 2.34. The van der Waals surface area contributed by atoms with Gasteiger partial charge in [-0.25, -0.2) is 4.79 Å². The molecule has 0 aliphatic carbocycles. The smallest absolute Gasteiger partial charge is 0.410 e. The van der Waals surface area contributed by atoms with Crippen LogP contribution in [0.15, 0.2) is 0 Å². The quantitative estimate of drug-likeness (QED) is 0.696. The van der Waals surface area contributed by atoms with Crippen molar-refractivity contribution in [3.05, 3.63) is 0 Å². The summed E-state index contributed by atoms with van der Waals surface area (Å²) in [5.74, 6) is 0. The van der Waals surface area contributed by atoms with Crippen molar-refractivity contribution in [2.75, 3.05) is 7.05 Å². The van der Waals surface area contributed by atoms with Gasteiger partial charge in [-0.05, 0) is 34.1 Å². The predicted molar refractivity (Wildman–Crippen MR) is 63.4 cm³/mol. The highest BCUT2D eigenvalue weighted by atomic mass is 16.6. The Kier molecular flexibility index (Phi) is 4.97. The minimum atomic E-state index is -0.781. The van der Waals surface area contributed by atoms with Gasteiger partial charge >= 0.3 is 6.09 Å². The topological polar surface area (TPSA) is 46.6 Å². The number of hydrogen-bond acceptors (Lipinski definition) is 3. The summed E-state index contributed by atoms with van der Waals surface area (Å²) in [6.45, 7) is 9.13. The highest BCUT2D eigenvalue weighted by molar-refractivity contribution is 5.76. The lowest BCUT2D eigenvalue weighted by molar-refractivity contribution is -0.117. The van der Waals surface area contributed by atoms with Gasteiger partial charge in [-0.3, -0.25) is 4.90 Å². The van der Waals surface area contributed by atoms with Crippen LogP contribution in [0.2, 0.25) is 0 Å². The maximum Gasteiger partial charge on any atom is 0.410 e. The van der Waals surface area contributed by atoms with E-state index in [1.165, 1.54) is 4.90 Å².